The van der Waals surface area contributed by atoms with Crippen molar-refractivity contribution in [2.24, 2.45) is 0 Å². The number of para-hydroxylation sites is 1. The van der Waals surface area contributed by atoms with E-state index in [2.05, 4.69) is 5.32 Å². The number of hydrogen-bond acceptors (Lipinski definition) is 4. The van der Waals surface area contributed by atoms with Gasteiger partial charge in [0, 0.05) is 17.8 Å². The first kappa shape index (κ1) is 14.4. The number of nitro groups is 1. The predicted molar refractivity (Wildman–Crippen MR) is 69.7 cm³/mol. The number of carboxylic acids is 1. The molecule has 0 bridgehead atoms. The van der Waals surface area contributed by atoms with Crippen LogP contribution in [0, 0.1) is 21.7 Å². The van der Waals surface area contributed by atoms with Crippen LogP contribution in [-0.4, -0.2) is 16.0 Å². The monoisotopic (exact) mass is 294 g/mol. The highest BCUT2D eigenvalue weighted by atomic mass is 19.2. The molecule has 0 heterocycles. The Morgan fingerprint density at radius 2 is 1.90 bits per heavy atom. The number of carboxylic acid groups (broad SMARTS) is 1. The molecule has 0 aliphatic rings. The number of nitro benzene ring substituents is 1. The lowest BCUT2D eigenvalue weighted by Gasteiger charge is -2.10. The number of carbonyl (C=O) groups is 1. The molecule has 0 aliphatic heterocycles. The lowest BCUT2D eigenvalue weighted by molar-refractivity contribution is -0.383. The first-order valence-electron chi connectivity index (χ1n) is 5.63. The zero-order chi connectivity index (χ0) is 15.6. The maximum absolute atomic E-state index is 13.1. The number of anilines is 2. The minimum absolute atomic E-state index is 0.00861. The number of hydrogen-bond donors (Lipinski definition) is 2. The van der Waals surface area contributed by atoms with Crippen LogP contribution in [0.4, 0.5) is 25.8 Å². The van der Waals surface area contributed by atoms with Gasteiger partial charge >= 0.3 is 5.97 Å². The molecule has 108 valence electrons. The Hall–Kier alpha value is -3.03. The molecular weight excluding hydrogens is 286 g/mol. The summed E-state index contributed by atoms with van der Waals surface area (Å²) in [6.07, 6.45) is 0. The fourth-order valence-corrected chi connectivity index (χ4v) is 1.72. The summed E-state index contributed by atoms with van der Waals surface area (Å²) in [6.45, 7) is 0. The van der Waals surface area contributed by atoms with E-state index in [1.807, 2.05) is 0 Å². The molecule has 0 unspecified atom stereocenters. The highest BCUT2D eigenvalue weighted by Crippen LogP contribution is 2.31. The number of nitrogens with zero attached hydrogens (tertiary/aromatic N) is 1. The molecule has 0 saturated carbocycles. The molecule has 2 rings (SSSR count). The lowest BCUT2D eigenvalue weighted by Crippen LogP contribution is -2.06. The Bertz CT molecular complexity index is 702. The average Bonchev–Trinajstić information content (AvgIpc) is 2.42. The van der Waals surface area contributed by atoms with Crippen molar-refractivity contribution >= 4 is 23.0 Å². The van der Waals surface area contributed by atoms with Crippen LogP contribution in [-0.2, 0) is 0 Å². The SMILES string of the molecule is O=C(O)c1cccc([N+](=O)[O-])c1Nc1ccc(F)c(F)c1. The van der Waals surface area contributed by atoms with E-state index in [1.165, 1.54) is 6.07 Å². The molecule has 0 fully saturated rings. The first-order valence-corrected chi connectivity index (χ1v) is 5.63. The van der Waals surface area contributed by atoms with Crippen LogP contribution in [0.1, 0.15) is 10.4 Å². The third-order valence-electron chi connectivity index (χ3n) is 2.66. The number of nitrogens with one attached hydrogen (secondary N) is 1. The topological polar surface area (TPSA) is 92.5 Å². The number of aromatic carboxylic acids is 1. The summed E-state index contributed by atoms with van der Waals surface area (Å²) in [7, 11) is 0. The van der Waals surface area contributed by atoms with Crippen LogP contribution in [0.3, 0.4) is 0 Å². The van der Waals surface area contributed by atoms with Crippen LogP contribution >= 0.6 is 0 Å². The van der Waals surface area contributed by atoms with Crippen molar-refractivity contribution in [1.29, 1.82) is 0 Å². The van der Waals surface area contributed by atoms with Gasteiger partial charge in [-0.05, 0) is 18.2 Å². The molecule has 21 heavy (non-hydrogen) atoms. The maximum Gasteiger partial charge on any atom is 0.338 e. The van der Waals surface area contributed by atoms with E-state index in [1.54, 1.807) is 0 Å². The molecule has 2 N–H and O–H groups in total. The smallest absolute Gasteiger partial charge is 0.338 e. The molecule has 0 radical (unpaired) electrons. The van der Waals surface area contributed by atoms with E-state index in [-0.39, 0.29) is 16.9 Å². The largest absolute Gasteiger partial charge is 0.478 e. The molecule has 0 spiro atoms. The van der Waals surface area contributed by atoms with Gasteiger partial charge in [0.2, 0.25) is 0 Å². The van der Waals surface area contributed by atoms with Gasteiger partial charge in [-0.2, -0.15) is 0 Å². The zero-order valence-electron chi connectivity index (χ0n) is 10.3. The quantitative estimate of drug-likeness (QED) is 0.666. The number of benzene rings is 2. The number of halogens is 2. The molecule has 2 aromatic carbocycles. The van der Waals surface area contributed by atoms with Crippen LogP contribution in [0.25, 0.3) is 0 Å². The molecule has 6 nitrogen and oxygen atoms in total. The van der Waals surface area contributed by atoms with E-state index in [0.29, 0.717) is 0 Å². The Kier molecular flexibility index (Phi) is 3.79. The van der Waals surface area contributed by atoms with Crippen LogP contribution in [0.2, 0.25) is 0 Å². The van der Waals surface area contributed by atoms with Gasteiger partial charge in [-0.15, -0.1) is 0 Å². The highest BCUT2D eigenvalue weighted by Gasteiger charge is 2.21. The summed E-state index contributed by atoms with van der Waals surface area (Å²) in [5.74, 6) is -3.62. The van der Waals surface area contributed by atoms with E-state index in [0.717, 1.165) is 30.3 Å². The molecule has 0 amide bonds. The standard InChI is InChI=1S/C13H8F2N2O4/c14-9-5-4-7(6-10(9)15)16-12-8(13(18)19)2-1-3-11(12)17(20)21/h1-6,16H,(H,18,19). The predicted octanol–water partition coefficient (Wildman–Crippen LogP) is 3.31. The van der Waals surface area contributed by atoms with Gasteiger partial charge in [0.25, 0.3) is 5.69 Å². The minimum Gasteiger partial charge on any atom is -0.478 e. The summed E-state index contributed by atoms with van der Waals surface area (Å²) >= 11 is 0. The second kappa shape index (κ2) is 5.53. The molecule has 0 saturated heterocycles. The minimum atomic E-state index is -1.39. The van der Waals surface area contributed by atoms with Crippen LogP contribution in [0.15, 0.2) is 36.4 Å². The molecule has 0 aliphatic carbocycles. The second-order valence-electron chi connectivity index (χ2n) is 4.02. The summed E-state index contributed by atoms with van der Waals surface area (Å²) < 4.78 is 26.0. The third-order valence-corrected chi connectivity index (χ3v) is 2.66. The first-order chi connectivity index (χ1) is 9.90. The van der Waals surface area contributed by atoms with Gasteiger partial charge in [0.05, 0.1) is 10.5 Å². The molecule has 0 aromatic heterocycles. The Morgan fingerprint density at radius 3 is 2.48 bits per heavy atom. The fourth-order valence-electron chi connectivity index (χ4n) is 1.72. The lowest BCUT2D eigenvalue weighted by atomic mass is 10.1. The average molecular weight is 294 g/mol. The van der Waals surface area contributed by atoms with Crippen molar-refractivity contribution in [3.63, 3.8) is 0 Å². The van der Waals surface area contributed by atoms with Crippen molar-refractivity contribution in [3.05, 3.63) is 63.7 Å². The van der Waals surface area contributed by atoms with Crippen molar-refractivity contribution in [3.8, 4) is 0 Å². The van der Waals surface area contributed by atoms with Gasteiger partial charge in [-0.3, -0.25) is 10.1 Å². The molecular formula is C13H8F2N2O4. The van der Waals surface area contributed by atoms with Gasteiger partial charge in [0.15, 0.2) is 11.6 Å². The summed E-state index contributed by atoms with van der Waals surface area (Å²) in [6, 6.07) is 6.23. The zero-order valence-corrected chi connectivity index (χ0v) is 10.3. The Morgan fingerprint density at radius 1 is 1.19 bits per heavy atom. The van der Waals surface area contributed by atoms with Crippen LogP contribution in [0.5, 0.6) is 0 Å². The van der Waals surface area contributed by atoms with E-state index >= 15 is 0 Å². The van der Waals surface area contributed by atoms with E-state index in [4.69, 9.17) is 5.11 Å². The van der Waals surface area contributed by atoms with E-state index in [9.17, 15) is 23.7 Å². The second-order valence-corrected chi connectivity index (χ2v) is 4.02. The summed E-state index contributed by atoms with van der Waals surface area (Å²) in [4.78, 5) is 21.3. The molecule has 8 heteroatoms. The van der Waals surface area contributed by atoms with Crippen LogP contribution < -0.4 is 5.32 Å². The van der Waals surface area contributed by atoms with Gasteiger partial charge in [0.1, 0.15) is 5.69 Å². The van der Waals surface area contributed by atoms with Gasteiger partial charge < -0.3 is 10.4 Å². The fraction of sp³-hybridized carbons (Fsp3) is 0. The normalized spacial score (nSPS) is 10.2. The Labute approximate surface area is 116 Å². The summed E-state index contributed by atoms with van der Waals surface area (Å²) in [5, 5.41) is 22.4. The molecule has 0 atom stereocenters. The van der Waals surface area contributed by atoms with E-state index < -0.39 is 28.2 Å². The Balaban J connectivity index is 2.53. The third kappa shape index (κ3) is 2.94. The van der Waals surface area contributed by atoms with Gasteiger partial charge in [-0.1, -0.05) is 6.07 Å². The number of rotatable bonds is 4. The van der Waals surface area contributed by atoms with Crippen molar-refractivity contribution in [2.75, 3.05) is 5.32 Å². The maximum atomic E-state index is 13.1. The van der Waals surface area contributed by atoms with Crippen molar-refractivity contribution in [2.45, 2.75) is 0 Å². The summed E-state index contributed by atoms with van der Waals surface area (Å²) in [5.41, 5.74) is -1.15. The van der Waals surface area contributed by atoms with Gasteiger partial charge in [-0.25, -0.2) is 13.6 Å². The highest BCUT2D eigenvalue weighted by molar-refractivity contribution is 5.98. The van der Waals surface area contributed by atoms with Crippen molar-refractivity contribution in [1.82, 2.24) is 0 Å². The molecule has 2 aromatic rings. The van der Waals surface area contributed by atoms with Crippen molar-refractivity contribution < 1.29 is 23.6 Å².